The molecule has 8 heteroatoms. The number of nitrogens with one attached hydrogen (secondary N) is 2. The van der Waals surface area contributed by atoms with E-state index < -0.39 is 17.8 Å². The average molecular weight is 435 g/mol. The fourth-order valence-corrected chi connectivity index (χ4v) is 4.98. The van der Waals surface area contributed by atoms with Crippen LogP contribution in [0.4, 0.5) is 4.79 Å². The molecule has 0 aromatic heterocycles. The zero-order valence-corrected chi connectivity index (χ0v) is 18.1. The molecular weight excluding hydrogens is 408 g/mol. The summed E-state index contributed by atoms with van der Waals surface area (Å²) in [7, 11) is 0. The zero-order chi connectivity index (χ0) is 21.6. The molecule has 2 bridgehead atoms. The summed E-state index contributed by atoms with van der Waals surface area (Å²) in [6.07, 6.45) is 1.33. The van der Waals surface area contributed by atoms with Crippen molar-refractivity contribution >= 4 is 29.4 Å². The number of fused-ring (bicyclic) bond motifs is 3. The number of hydrogen-bond acceptors (Lipinski definition) is 5. The first-order valence-electron chi connectivity index (χ1n) is 10.4. The van der Waals surface area contributed by atoms with Crippen molar-refractivity contribution in [3.8, 4) is 5.75 Å². The Balaban J connectivity index is 1.31. The summed E-state index contributed by atoms with van der Waals surface area (Å²) in [4.78, 5) is 37.2. The number of Topliss-reactive ketones (excluding diaryl/α,β-unsaturated/α-hetero) is 1. The zero-order valence-electron chi connectivity index (χ0n) is 17.4. The van der Waals surface area contributed by atoms with Crippen molar-refractivity contribution in [1.29, 1.82) is 0 Å². The van der Waals surface area contributed by atoms with Gasteiger partial charge in [-0.3, -0.25) is 9.59 Å². The molecule has 1 aliphatic heterocycles. The van der Waals surface area contributed by atoms with Gasteiger partial charge in [0.2, 0.25) is 0 Å². The number of carbonyl (C=O) groups excluding carboxylic acids is 3. The van der Waals surface area contributed by atoms with E-state index >= 15 is 0 Å². The molecule has 5 atom stereocenters. The lowest BCUT2D eigenvalue weighted by Crippen LogP contribution is -2.50. The Morgan fingerprint density at radius 2 is 1.77 bits per heavy atom. The van der Waals surface area contributed by atoms with Crippen molar-refractivity contribution in [3.63, 3.8) is 0 Å². The van der Waals surface area contributed by atoms with Crippen LogP contribution in [0.15, 0.2) is 18.2 Å². The predicted octanol–water partition coefficient (Wildman–Crippen LogP) is 3.48. The lowest BCUT2D eigenvalue weighted by Gasteiger charge is -2.31. The fraction of sp³-hybridized carbons (Fsp3) is 0.591. The van der Waals surface area contributed by atoms with Crippen LogP contribution in [-0.2, 0) is 9.53 Å². The number of benzene rings is 1. The Bertz CT molecular complexity index is 881. The molecule has 2 amide bonds. The topological polar surface area (TPSA) is 93.7 Å². The predicted molar refractivity (Wildman–Crippen MR) is 111 cm³/mol. The third kappa shape index (κ3) is 4.41. The van der Waals surface area contributed by atoms with E-state index in [1.165, 1.54) is 0 Å². The average Bonchev–Trinajstić information content (AvgIpc) is 3.20. The summed E-state index contributed by atoms with van der Waals surface area (Å²) in [6.45, 7) is 5.51. The van der Waals surface area contributed by atoms with Crippen molar-refractivity contribution in [2.24, 2.45) is 11.8 Å². The molecule has 2 N–H and O–H groups in total. The Labute approximate surface area is 180 Å². The molecule has 4 rings (SSSR count). The number of ketones is 1. The van der Waals surface area contributed by atoms with Crippen molar-refractivity contribution < 1.29 is 23.9 Å². The van der Waals surface area contributed by atoms with Crippen LogP contribution in [0.2, 0.25) is 5.02 Å². The quantitative estimate of drug-likeness (QED) is 0.759. The Kier molecular flexibility index (Phi) is 5.43. The molecule has 2 saturated carbocycles. The third-order valence-corrected chi connectivity index (χ3v) is 6.30. The normalized spacial score (nSPS) is 29.7. The lowest BCUT2D eigenvalue weighted by atomic mass is 9.91. The standard InChI is InChI=1S/C22H27ClN2O5/c1-22(2,3)30-21(28)25-16-8-11-6-12(16)7-15(11)24-20(27)19-10-17(26)14-9-13(23)4-5-18(14)29-19/h4-5,9,11-12,15-16,19H,6-8,10H2,1-3H3,(H,24,27)(H,25,28)/t11?,12?,15?,16?,19-/m1/s1. The lowest BCUT2D eigenvalue weighted by molar-refractivity contribution is -0.129. The van der Waals surface area contributed by atoms with E-state index in [-0.39, 0.29) is 30.2 Å². The highest BCUT2D eigenvalue weighted by Gasteiger charge is 2.48. The number of carbonyl (C=O) groups is 3. The summed E-state index contributed by atoms with van der Waals surface area (Å²) in [5.41, 5.74) is -0.109. The maximum absolute atomic E-state index is 12.8. The highest BCUT2D eigenvalue weighted by Crippen LogP contribution is 2.45. The van der Waals surface area contributed by atoms with Crippen LogP contribution in [0.25, 0.3) is 0 Å². The summed E-state index contributed by atoms with van der Waals surface area (Å²) >= 11 is 5.94. The van der Waals surface area contributed by atoms with E-state index in [0.29, 0.717) is 28.2 Å². The van der Waals surface area contributed by atoms with E-state index in [1.807, 2.05) is 20.8 Å². The number of hydrogen-bond donors (Lipinski definition) is 2. The SMILES string of the molecule is CC(C)(C)OC(=O)NC1CC2CC1CC2NC(=O)[C@H]1CC(=O)c2cc(Cl)ccc2O1. The molecule has 7 nitrogen and oxygen atoms in total. The highest BCUT2D eigenvalue weighted by molar-refractivity contribution is 6.31. The van der Waals surface area contributed by atoms with Gasteiger partial charge in [0.25, 0.3) is 5.91 Å². The monoisotopic (exact) mass is 434 g/mol. The maximum Gasteiger partial charge on any atom is 0.407 e. The largest absolute Gasteiger partial charge is 0.479 e. The van der Waals surface area contributed by atoms with Gasteiger partial charge >= 0.3 is 6.09 Å². The molecule has 3 aliphatic rings. The summed E-state index contributed by atoms with van der Waals surface area (Å²) < 4.78 is 11.1. The van der Waals surface area contributed by atoms with Crippen LogP contribution in [0.3, 0.4) is 0 Å². The van der Waals surface area contributed by atoms with E-state index in [0.717, 1.165) is 19.3 Å². The van der Waals surface area contributed by atoms with Crippen molar-refractivity contribution in [2.75, 3.05) is 0 Å². The Hall–Kier alpha value is -2.28. The number of halogens is 1. The molecule has 30 heavy (non-hydrogen) atoms. The van der Waals surface area contributed by atoms with Crippen molar-refractivity contribution in [3.05, 3.63) is 28.8 Å². The highest BCUT2D eigenvalue weighted by atomic mass is 35.5. The Morgan fingerprint density at radius 3 is 2.40 bits per heavy atom. The molecule has 2 aliphatic carbocycles. The molecule has 2 fully saturated rings. The molecule has 162 valence electrons. The summed E-state index contributed by atoms with van der Waals surface area (Å²) in [6, 6.07) is 4.94. The molecule has 1 heterocycles. The van der Waals surface area contributed by atoms with Crippen LogP contribution in [0, 0.1) is 11.8 Å². The van der Waals surface area contributed by atoms with Crippen LogP contribution in [0.5, 0.6) is 5.75 Å². The van der Waals surface area contributed by atoms with Gasteiger partial charge in [0, 0.05) is 17.1 Å². The second-order valence-corrected chi connectivity index (χ2v) is 9.91. The first kappa shape index (κ1) is 21.0. The molecular formula is C22H27ClN2O5. The van der Waals surface area contributed by atoms with E-state index in [9.17, 15) is 14.4 Å². The van der Waals surface area contributed by atoms with Gasteiger partial charge in [-0.1, -0.05) is 11.6 Å². The number of amides is 2. The van der Waals surface area contributed by atoms with E-state index in [2.05, 4.69) is 10.6 Å². The summed E-state index contributed by atoms with van der Waals surface area (Å²) in [5, 5.41) is 6.50. The smallest absolute Gasteiger partial charge is 0.407 e. The minimum atomic E-state index is -0.832. The van der Waals surface area contributed by atoms with Gasteiger partial charge in [0.05, 0.1) is 12.0 Å². The van der Waals surface area contributed by atoms with Crippen LogP contribution in [0.1, 0.15) is 56.8 Å². The van der Waals surface area contributed by atoms with E-state index in [1.54, 1.807) is 18.2 Å². The van der Waals surface area contributed by atoms with Gasteiger partial charge in [0.15, 0.2) is 11.9 Å². The van der Waals surface area contributed by atoms with Crippen LogP contribution in [-0.4, -0.2) is 41.6 Å². The van der Waals surface area contributed by atoms with Crippen molar-refractivity contribution in [2.45, 2.75) is 70.2 Å². The molecule has 0 spiro atoms. The molecule has 0 saturated heterocycles. The van der Waals surface area contributed by atoms with Crippen molar-refractivity contribution in [1.82, 2.24) is 10.6 Å². The van der Waals surface area contributed by atoms with Gasteiger partial charge in [-0.15, -0.1) is 0 Å². The van der Waals surface area contributed by atoms with Gasteiger partial charge in [-0.05, 0) is 70.1 Å². The molecule has 1 aromatic carbocycles. The van der Waals surface area contributed by atoms with Crippen LogP contribution < -0.4 is 15.4 Å². The maximum atomic E-state index is 12.8. The van der Waals surface area contributed by atoms with Gasteiger partial charge in [-0.25, -0.2) is 4.79 Å². The first-order chi connectivity index (χ1) is 14.1. The summed E-state index contributed by atoms with van der Waals surface area (Å²) in [5.74, 6) is 0.589. The fourth-order valence-electron chi connectivity index (χ4n) is 4.81. The second-order valence-electron chi connectivity index (χ2n) is 9.47. The third-order valence-electron chi connectivity index (χ3n) is 6.06. The van der Waals surface area contributed by atoms with E-state index in [4.69, 9.17) is 21.1 Å². The molecule has 1 aromatic rings. The van der Waals surface area contributed by atoms with Gasteiger partial charge in [-0.2, -0.15) is 0 Å². The number of ether oxygens (including phenoxy) is 2. The van der Waals surface area contributed by atoms with Gasteiger partial charge < -0.3 is 20.1 Å². The number of rotatable bonds is 3. The minimum absolute atomic E-state index is 0.00279. The molecule has 4 unspecified atom stereocenters. The number of alkyl carbamates (subject to hydrolysis) is 1. The first-order valence-corrected chi connectivity index (χ1v) is 10.8. The van der Waals surface area contributed by atoms with Gasteiger partial charge in [0.1, 0.15) is 11.4 Å². The Morgan fingerprint density at radius 1 is 1.10 bits per heavy atom. The minimum Gasteiger partial charge on any atom is -0.479 e. The second kappa shape index (κ2) is 7.76. The molecule has 0 radical (unpaired) electrons. The van der Waals surface area contributed by atoms with Crippen LogP contribution >= 0.6 is 11.6 Å².